The Kier molecular flexibility index (Phi) is 8.77. The van der Waals surface area contributed by atoms with Crippen LogP contribution >= 0.6 is 0 Å². The predicted molar refractivity (Wildman–Crippen MR) is 100 cm³/mol. The van der Waals surface area contributed by atoms with Crippen LogP contribution in [-0.2, 0) is 13.9 Å². The van der Waals surface area contributed by atoms with E-state index in [2.05, 4.69) is 48.5 Å². The molecule has 23 heavy (non-hydrogen) atoms. The van der Waals surface area contributed by atoms with E-state index >= 15 is 0 Å². The van der Waals surface area contributed by atoms with Crippen molar-refractivity contribution in [3.05, 3.63) is 0 Å². The smallest absolute Gasteiger partial charge is 0.192 e. The van der Waals surface area contributed by atoms with Gasteiger partial charge >= 0.3 is 0 Å². The molecule has 3 atom stereocenters. The molecule has 0 spiro atoms. The van der Waals surface area contributed by atoms with E-state index in [1.165, 1.54) is 18.1 Å². The molecule has 1 saturated heterocycles. The highest BCUT2D eigenvalue weighted by Crippen LogP contribution is 2.37. The largest absolute Gasteiger partial charge is 0.414 e. The van der Waals surface area contributed by atoms with Crippen LogP contribution in [0.25, 0.3) is 0 Å². The summed E-state index contributed by atoms with van der Waals surface area (Å²) in [7, 11) is -1.54. The van der Waals surface area contributed by atoms with Gasteiger partial charge in [0.05, 0.1) is 13.2 Å². The Balaban J connectivity index is 2.71. The van der Waals surface area contributed by atoms with Gasteiger partial charge in [-0.15, -0.1) is 0 Å². The molecule has 138 valence electrons. The van der Waals surface area contributed by atoms with E-state index in [0.717, 1.165) is 32.5 Å². The summed E-state index contributed by atoms with van der Waals surface area (Å²) in [6, 6.07) is 3.68. The van der Waals surface area contributed by atoms with Gasteiger partial charge < -0.3 is 13.9 Å². The van der Waals surface area contributed by atoms with Crippen molar-refractivity contribution in [1.82, 2.24) is 0 Å². The van der Waals surface area contributed by atoms with Crippen molar-refractivity contribution in [3.8, 4) is 0 Å². The molecule has 0 aromatic heterocycles. The predicted octanol–water partition coefficient (Wildman–Crippen LogP) is 5.60. The van der Waals surface area contributed by atoms with Crippen LogP contribution < -0.4 is 0 Å². The molecular weight excluding hydrogens is 304 g/mol. The van der Waals surface area contributed by atoms with Crippen LogP contribution in [0.4, 0.5) is 0 Å². The minimum atomic E-state index is -1.54. The average Bonchev–Trinajstić information content (AvgIpc) is 3.07. The van der Waals surface area contributed by atoms with Crippen molar-refractivity contribution < 1.29 is 13.9 Å². The van der Waals surface area contributed by atoms with Gasteiger partial charge in [0.2, 0.25) is 0 Å². The monoisotopic (exact) mass is 344 g/mol. The lowest BCUT2D eigenvalue weighted by Gasteiger charge is -2.39. The van der Waals surface area contributed by atoms with Crippen molar-refractivity contribution in [3.63, 3.8) is 0 Å². The van der Waals surface area contributed by atoms with Gasteiger partial charge in [-0.05, 0) is 43.3 Å². The number of hydrogen-bond donors (Lipinski definition) is 0. The van der Waals surface area contributed by atoms with E-state index in [4.69, 9.17) is 13.9 Å². The standard InChI is InChI=1S/C19H40O3Si/c1-8-18(22-23(10-3,11-4)12-5)16(6)15-17(7)19(9-2)20-13-14-21-19/h16-18H,8-15H2,1-7H3/t16-,17-,18-/m0/s1. The molecule has 0 N–H and O–H groups in total. The molecule has 0 unspecified atom stereocenters. The SMILES string of the molecule is CC[C@H](O[Si](CC)(CC)CC)[C@@H](C)C[C@H](C)C1(CC)OCCO1. The summed E-state index contributed by atoms with van der Waals surface area (Å²) in [6.07, 6.45) is 3.51. The summed E-state index contributed by atoms with van der Waals surface area (Å²) >= 11 is 0. The maximum atomic E-state index is 6.78. The molecule has 0 amide bonds. The van der Waals surface area contributed by atoms with Crippen LogP contribution in [0.15, 0.2) is 0 Å². The highest BCUT2D eigenvalue weighted by atomic mass is 28.4. The van der Waals surface area contributed by atoms with Gasteiger partial charge in [0.15, 0.2) is 14.1 Å². The third-order valence-corrected chi connectivity index (χ3v) is 10.8. The van der Waals surface area contributed by atoms with Crippen LogP contribution in [0, 0.1) is 11.8 Å². The first-order valence-electron chi connectivity index (χ1n) is 9.88. The van der Waals surface area contributed by atoms with Gasteiger partial charge in [-0.1, -0.05) is 48.5 Å². The number of ether oxygens (including phenoxy) is 2. The van der Waals surface area contributed by atoms with Gasteiger partial charge in [-0.25, -0.2) is 0 Å². The summed E-state index contributed by atoms with van der Waals surface area (Å²) in [4.78, 5) is 0. The average molecular weight is 345 g/mol. The molecule has 1 aliphatic rings. The van der Waals surface area contributed by atoms with E-state index < -0.39 is 8.32 Å². The Morgan fingerprint density at radius 3 is 1.87 bits per heavy atom. The van der Waals surface area contributed by atoms with Crippen molar-refractivity contribution in [2.24, 2.45) is 11.8 Å². The molecule has 0 aliphatic carbocycles. The first-order valence-corrected chi connectivity index (χ1v) is 12.4. The maximum absolute atomic E-state index is 6.78. The molecule has 0 aromatic carbocycles. The fourth-order valence-electron chi connectivity index (χ4n) is 4.12. The summed E-state index contributed by atoms with van der Waals surface area (Å²) in [5.74, 6) is 0.591. The molecule has 0 saturated carbocycles. The minimum Gasteiger partial charge on any atom is -0.414 e. The lowest BCUT2D eigenvalue weighted by molar-refractivity contribution is -0.198. The molecule has 1 aliphatic heterocycles. The summed E-state index contributed by atoms with van der Waals surface area (Å²) in [5, 5.41) is 0. The third kappa shape index (κ3) is 5.04. The van der Waals surface area contributed by atoms with E-state index in [9.17, 15) is 0 Å². The van der Waals surface area contributed by atoms with E-state index in [1.807, 2.05) is 0 Å². The van der Waals surface area contributed by atoms with E-state index in [-0.39, 0.29) is 5.79 Å². The lowest BCUT2D eigenvalue weighted by Crippen LogP contribution is -2.43. The normalized spacial score (nSPS) is 22.0. The Morgan fingerprint density at radius 2 is 1.48 bits per heavy atom. The Labute approximate surface area is 145 Å². The summed E-state index contributed by atoms with van der Waals surface area (Å²) < 4.78 is 18.7. The molecule has 3 nitrogen and oxygen atoms in total. The molecule has 4 heteroatoms. The van der Waals surface area contributed by atoms with Gasteiger partial charge in [-0.2, -0.15) is 0 Å². The van der Waals surface area contributed by atoms with Crippen molar-refractivity contribution in [1.29, 1.82) is 0 Å². The molecule has 1 rings (SSSR count). The molecule has 0 bridgehead atoms. The zero-order chi connectivity index (χ0) is 17.5. The van der Waals surface area contributed by atoms with Gasteiger partial charge in [0, 0.05) is 12.0 Å². The third-order valence-electron chi connectivity index (χ3n) is 6.12. The second-order valence-corrected chi connectivity index (χ2v) is 12.0. The quantitative estimate of drug-likeness (QED) is 0.456. The second-order valence-electron chi connectivity index (χ2n) is 7.28. The van der Waals surface area contributed by atoms with Crippen molar-refractivity contribution in [2.75, 3.05) is 13.2 Å². The van der Waals surface area contributed by atoms with E-state index in [1.54, 1.807) is 0 Å². The Morgan fingerprint density at radius 1 is 0.957 bits per heavy atom. The van der Waals surface area contributed by atoms with Gasteiger partial charge in [0.1, 0.15) is 0 Å². The Hall–Kier alpha value is 0.0969. The van der Waals surface area contributed by atoms with Crippen LogP contribution in [0.1, 0.15) is 67.7 Å². The number of hydrogen-bond acceptors (Lipinski definition) is 3. The minimum absolute atomic E-state index is 0.360. The van der Waals surface area contributed by atoms with Gasteiger partial charge in [-0.3, -0.25) is 0 Å². The fourth-order valence-corrected chi connectivity index (χ4v) is 7.16. The summed E-state index contributed by atoms with van der Waals surface area (Å²) in [6.45, 7) is 17.5. The van der Waals surface area contributed by atoms with Crippen LogP contribution in [0.5, 0.6) is 0 Å². The molecule has 1 fully saturated rings. The first-order chi connectivity index (χ1) is 10.9. The van der Waals surface area contributed by atoms with Gasteiger partial charge in [0.25, 0.3) is 0 Å². The zero-order valence-corrected chi connectivity index (χ0v) is 17.6. The van der Waals surface area contributed by atoms with Crippen LogP contribution in [-0.4, -0.2) is 33.4 Å². The first kappa shape index (κ1) is 21.1. The highest BCUT2D eigenvalue weighted by Gasteiger charge is 2.42. The summed E-state index contributed by atoms with van der Waals surface area (Å²) in [5.41, 5.74) is 0. The van der Waals surface area contributed by atoms with E-state index in [0.29, 0.717) is 17.9 Å². The Bertz CT molecular complexity index is 316. The van der Waals surface area contributed by atoms with Crippen molar-refractivity contribution >= 4 is 8.32 Å². The molecule has 0 radical (unpaired) electrons. The highest BCUT2D eigenvalue weighted by molar-refractivity contribution is 6.73. The number of rotatable bonds is 11. The molecule has 0 aromatic rings. The van der Waals surface area contributed by atoms with Crippen molar-refractivity contribution in [2.45, 2.75) is 97.8 Å². The maximum Gasteiger partial charge on any atom is 0.192 e. The fraction of sp³-hybridized carbons (Fsp3) is 1.00. The molecule has 1 heterocycles. The van der Waals surface area contributed by atoms with Crippen LogP contribution in [0.2, 0.25) is 18.1 Å². The topological polar surface area (TPSA) is 27.7 Å². The zero-order valence-electron chi connectivity index (χ0n) is 16.6. The lowest BCUT2D eigenvalue weighted by atomic mass is 9.85. The second kappa shape index (κ2) is 9.55. The molecular formula is C19H40O3Si. The van der Waals surface area contributed by atoms with Crippen LogP contribution in [0.3, 0.4) is 0 Å².